The molecule has 1 aliphatic heterocycles. The molecule has 2 rings (SSSR count). The third-order valence-corrected chi connectivity index (χ3v) is 4.96. The number of fused-ring (bicyclic) bond motifs is 1. The maximum absolute atomic E-state index is 12.2. The van der Waals surface area contributed by atoms with Crippen LogP contribution in [0.3, 0.4) is 0 Å². The fourth-order valence-electron chi connectivity index (χ4n) is 2.30. The zero-order valence-corrected chi connectivity index (χ0v) is 13.3. The van der Waals surface area contributed by atoms with Crippen LogP contribution in [0, 0.1) is 0 Å². The number of hydrogen-bond donors (Lipinski definition) is 2. The first kappa shape index (κ1) is 16.3. The molecule has 1 aromatic rings. The molecular formula is C15H24N2O3S. The molecule has 21 heavy (non-hydrogen) atoms. The number of nitrogens with one attached hydrogen (secondary N) is 2. The van der Waals surface area contributed by atoms with E-state index in [-0.39, 0.29) is 0 Å². The molecule has 0 fully saturated rings. The number of unbranched alkanes of at least 4 members (excludes halogenated alkanes) is 1. The Bertz CT molecular complexity index is 558. The van der Waals surface area contributed by atoms with Gasteiger partial charge in [-0.25, -0.2) is 13.1 Å². The fraction of sp³-hybridized carbons (Fsp3) is 0.600. The number of rotatable bonds is 8. The summed E-state index contributed by atoms with van der Waals surface area (Å²) in [6.45, 7) is 4.44. The topological polar surface area (TPSA) is 67.4 Å². The minimum absolute atomic E-state index is 0.307. The molecule has 0 aromatic heterocycles. The molecule has 0 spiro atoms. The van der Waals surface area contributed by atoms with Gasteiger partial charge in [-0.1, -0.05) is 13.3 Å². The van der Waals surface area contributed by atoms with Gasteiger partial charge < -0.3 is 10.1 Å². The van der Waals surface area contributed by atoms with Crippen LogP contribution < -0.4 is 10.0 Å². The second kappa shape index (κ2) is 7.77. The quantitative estimate of drug-likeness (QED) is 0.722. The van der Waals surface area contributed by atoms with Gasteiger partial charge in [0, 0.05) is 25.4 Å². The second-order valence-corrected chi connectivity index (χ2v) is 6.98. The van der Waals surface area contributed by atoms with Gasteiger partial charge in [-0.2, -0.15) is 0 Å². The number of aryl methyl sites for hydroxylation is 1. The molecule has 0 atom stereocenters. The third-order valence-electron chi connectivity index (χ3n) is 3.51. The van der Waals surface area contributed by atoms with Crippen molar-refractivity contribution in [3.8, 4) is 0 Å². The van der Waals surface area contributed by atoms with Crippen LogP contribution in [-0.4, -0.2) is 34.7 Å². The van der Waals surface area contributed by atoms with E-state index in [0.29, 0.717) is 24.7 Å². The Morgan fingerprint density at radius 2 is 2.19 bits per heavy atom. The Morgan fingerprint density at radius 3 is 3.00 bits per heavy atom. The molecule has 2 N–H and O–H groups in total. The van der Waals surface area contributed by atoms with Crippen molar-refractivity contribution in [1.29, 1.82) is 0 Å². The Kier molecular flexibility index (Phi) is 6.02. The van der Waals surface area contributed by atoms with Crippen molar-refractivity contribution in [2.75, 3.05) is 31.6 Å². The highest BCUT2D eigenvalue weighted by molar-refractivity contribution is 7.89. The minimum Gasteiger partial charge on any atom is -0.385 e. The number of ether oxygens (including phenoxy) is 1. The van der Waals surface area contributed by atoms with Crippen LogP contribution in [-0.2, 0) is 21.2 Å². The van der Waals surface area contributed by atoms with Crippen molar-refractivity contribution in [3.05, 3.63) is 23.8 Å². The Balaban J connectivity index is 1.90. The van der Waals surface area contributed by atoms with Crippen LogP contribution in [0.25, 0.3) is 0 Å². The lowest BCUT2D eigenvalue weighted by atomic mass is 10.0. The molecule has 0 amide bonds. The van der Waals surface area contributed by atoms with E-state index in [2.05, 4.69) is 17.0 Å². The summed E-state index contributed by atoms with van der Waals surface area (Å²) in [7, 11) is -3.44. The molecule has 1 aromatic carbocycles. The van der Waals surface area contributed by atoms with E-state index in [1.165, 1.54) is 0 Å². The van der Waals surface area contributed by atoms with Gasteiger partial charge in [0.25, 0.3) is 0 Å². The zero-order valence-electron chi connectivity index (χ0n) is 12.5. The van der Waals surface area contributed by atoms with E-state index >= 15 is 0 Å². The Hall–Kier alpha value is -1.11. The third kappa shape index (κ3) is 4.69. The van der Waals surface area contributed by atoms with E-state index in [1.54, 1.807) is 12.1 Å². The lowest BCUT2D eigenvalue weighted by Gasteiger charge is -2.18. The SMILES string of the molecule is CCCCOCCNS(=O)(=O)c1ccc2c(c1)CCCN2. The van der Waals surface area contributed by atoms with Gasteiger partial charge in [0.2, 0.25) is 10.0 Å². The summed E-state index contributed by atoms with van der Waals surface area (Å²) in [5.74, 6) is 0. The Morgan fingerprint density at radius 1 is 1.33 bits per heavy atom. The molecular weight excluding hydrogens is 288 g/mol. The number of anilines is 1. The average molecular weight is 312 g/mol. The molecule has 5 nitrogen and oxygen atoms in total. The summed E-state index contributed by atoms with van der Waals surface area (Å²) < 4.78 is 32.4. The fourth-order valence-corrected chi connectivity index (χ4v) is 3.36. The first-order valence-electron chi connectivity index (χ1n) is 7.57. The summed E-state index contributed by atoms with van der Waals surface area (Å²) >= 11 is 0. The molecule has 0 saturated carbocycles. The van der Waals surface area contributed by atoms with Crippen molar-refractivity contribution in [1.82, 2.24) is 4.72 Å². The largest absolute Gasteiger partial charge is 0.385 e. The van der Waals surface area contributed by atoms with Crippen molar-refractivity contribution in [2.45, 2.75) is 37.5 Å². The Labute approximate surface area is 127 Å². The summed E-state index contributed by atoms with van der Waals surface area (Å²) in [4.78, 5) is 0.332. The van der Waals surface area contributed by atoms with Crippen LogP contribution in [0.4, 0.5) is 5.69 Å². The monoisotopic (exact) mass is 312 g/mol. The molecule has 6 heteroatoms. The number of sulfonamides is 1. The average Bonchev–Trinajstić information content (AvgIpc) is 2.50. The van der Waals surface area contributed by atoms with E-state index in [0.717, 1.165) is 43.5 Å². The predicted molar refractivity (Wildman–Crippen MR) is 84.2 cm³/mol. The van der Waals surface area contributed by atoms with Gasteiger partial charge in [0.05, 0.1) is 11.5 Å². The lowest BCUT2D eigenvalue weighted by Crippen LogP contribution is -2.28. The van der Waals surface area contributed by atoms with E-state index < -0.39 is 10.0 Å². The lowest BCUT2D eigenvalue weighted by molar-refractivity contribution is 0.136. The minimum atomic E-state index is -3.44. The summed E-state index contributed by atoms with van der Waals surface area (Å²) in [5, 5.41) is 3.28. The van der Waals surface area contributed by atoms with Crippen LogP contribution in [0.2, 0.25) is 0 Å². The number of hydrogen-bond acceptors (Lipinski definition) is 4. The molecule has 0 unspecified atom stereocenters. The summed E-state index contributed by atoms with van der Waals surface area (Å²) in [6.07, 6.45) is 4.04. The van der Waals surface area contributed by atoms with E-state index in [1.807, 2.05) is 6.07 Å². The highest BCUT2D eigenvalue weighted by atomic mass is 32.2. The first-order chi connectivity index (χ1) is 10.1. The van der Waals surface area contributed by atoms with Crippen molar-refractivity contribution in [2.24, 2.45) is 0 Å². The first-order valence-corrected chi connectivity index (χ1v) is 9.06. The molecule has 0 aliphatic carbocycles. The molecule has 118 valence electrons. The van der Waals surface area contributed by atoms with Gasteiger partial charge in [0.15, 0.2) is 0 Å². The maximum atomic E-state index is 12.2. The van der Waals surface area contributed by atoms with Crippen molar-refractivity contribution >= 4 is 15.7 Å². The van der Waals surface area contributed by atoms with Crippen molar-refractivity contribution in [3.63, 3.8) is 0 Å². The van der Waals surface area contributed by atoms with Gasteiger partial charge in [-0.3, -0.25) is 0 Å². The molecule has 1 heterocycles. The van der Waals surface area contributed by atoms with Gasteiger partial charge in [-0.05, 0) is 43.0 Å². The second-order valence-electron chi connectivity index (χ2n) is 5.21. The maximum Gasteiger partial charge on any atom is 0.240 e. The summed E-state index contributed by atoms with van der Waals surface area (Å²) in [5.41, 5.74) is 2.12. The highest BCUT2D eigenvalue weighted by Crippen LogP contribution is 2.24. The van der Waals surface area contributed by atoms with Crippen molar-refractivity contribution < 1.29 is 13.2 Å². The smallest absolute Gasteiger partial charge is 0.240 e. The highest BCUT2D eigenvalue weighted by Gasteiger charge is 2.17. The van der Waals surface area contributed by atoms with Crippen LogP contribution in [0.1, 0.15) is 31.7 Å². The normalized spacial score (nSPS) is 14.5. The van der Waals surface area contributed by atoms with Crippen LogP contribution in [0.15, 0.2) is 23.1 Å². The van der Waals surface area contributed by atoms with E-state index in [4.69, 9.17) is 4.74 Å². The standard InChI is InChI=1S/C15H24N2O3S/c1-2-3-10-20-11-9-17-21(18,19)14-6-7-15-13(12-14)5-4-8-16-15/h6-7,12,16-17H,2-5,8-11H2,1H3. The van der Waals surface area contributed by atoms with Crippen LogP contribution in [0.5, 0.6) is 0 Å². The van der Waals surface area contributed by atoms with Gasteiger partial charge in [-0.15, -0.1) is 0 Å². The molecule has 0 bridgehead atoms. The zero-order chi connectivity index (χ0) is 15.1. The predicted octanol–water partition coefficient (Wildman–Crippen LogP) is 2.14. The van der Waals surface area contributed by atoms with E-state index in [9.17, 15) is 8.42 Å². The molecule has 1 aliphatic rings. The number of benzene rings is 1. The van der Waals surface area contributed by atoms with Gasteiger partial charge >= 0.3 is 0 Å². The molecule has 0 saturated heterocycles. The van der Waals surface area contributed by atoms with Crippen LogP contribution >= 0.6 is 0 Å². The summed E-state index contributed by atoms with van der Waals surface area (Å²) in [6, 6.07) is 5.26. The molecule has 0 radical (unpaired) electrons. The van der Waals surface area contributed by atoms with Gasteiger partial charge in [0.1, 0.15) is 0 Å².